The monoisotopic (exact) mass is 367 g/mol. The minimum absolute atomic E-state index is 0.246. The fourth-order valence-corrected chi connectivity index (χ4v) is 2.45. The van der Waals surface area contributed by atoms with E-state index in [1.54, 1.807) is 4.90 Å². The van der Waals surface area contributed by atoms with Crippen LogP contribution in [0, 0.1) is 0 Å². The first-order valence-corrected chi connectivity index (χ1v) is 8.90. The fourth-order valence-electron chi connectivity index (χ4n) is 2.36. The number of carboxylic acid groups (broad SMARTS) is 1. The summed E-state index contributed by atoms with van der Waals surface area (Å²) in [5.74, 6) is -1.32. The minimum atomic E-state index is -1.05. The van der Waals surface area contributed by atoms with Crippen LogP contribution in [0.5, 0.6) is 0 Å². The highest BCUT2D eigenvalue weighted by Gasteiger charge is 2.30. The first-order chi connectivity index (χ1) is 12.0. The van der Waals surface area contributed by atoms with Gasteiger partial charge in [0, 0.05) is 19.0 Å². The quantitative estimate of drug-likeness (QED) is 0.265. The molecule has 0 amide bonds. The van der Waals surface area contributed by atoms with Gasteiger partial charge in [-0.3, -0.25) is 14.5 Å². The molecule has 1 rings (SSSR count). The Labute approximate surface area is 154 Å². The Morgan fingerprint density at radius 3 is 2.56 bits per heavy atom. The SMILES string of the molecule is C=C(CCl)CN(Cc1ccccc1)[C@@H](CC(=O)O)C(=O)OCCCC. The molecule has 1 aromatic rings. The highest BCUT2D eigenvalue weighted by molar-refractivity contribution is 6.19. The second kappa shape index (κ2) is 11.7. The normalized spacial score (nSPS) is 12.0. The number of esters is 1. The third kappa shape index (κ3) is 8.18. The van der Waals surface area contributed by atoms with Gasteiger partial charge in [0.25, 0.3) is 0 Å². The molecule has 138 valence electrons. The van der Waals surface area contributed by atoms with Crippen molar-refractivity contribution in [2.24, 2.45) is 0 Å². The summed E-state index contributed by atoms with van der Waals surface area (Å²) in [5.41, 5.74) is 1.69. The molecule has 0 saturated heterocycles. The Kier molecular flexibility index (Phi) is 9.88. The maximum absolute atomic E-state index is 12.5. The third-order valence-electron chi connectivity index (χ3n) is 3.67. The van der Waals surface area contributed by atoms with Gasteiger partial charge in [-0.1, -0.05) is 50.3 Å². The molecule has 0 unspecified atom stereocenters. The number of nitrogens with zero attached hydrogens (tertiary/aromatic N) is 1. The number of hydrogen-bond donors (Lipinski definition) is 1. The summed E-state index contributed by atoms with van der Waals surface area (Å²) in [5, 5.41) is 9.23. The lowest BCUT2D eigenvalue weighted by Crippen LogP contribution is -2.44. The van der Waals surface area contributed by atoms with E-state index >= 15 is 0 Å². The molecule has 1 atom stereocenters. The molecule has 1 aromatic carbocycles. The van der Waals surface area contributed by atoms with Crippen molar-refractivity contribution in [1.82, 2.24) is 4.90 Å². The molecule has 0 aliphatic heterocycles. The van der Waals surface area contributed by atoms with Crippen LogP contribution in [-0.4, -0.2) is 47.0 Å². The zero-order valence-electron chi connectivity index (χ0n) is 14.6. The molecule has 0 radical (unpaired) electrons. The molecular weight excluding hydrogens is 342 g/mol. The van der Waals surface area contributed by atoms with Crippen LogP contribution in [0.3, 0.4) is 0 Å². The van der Waals surface area contributed by atoms with Crippen LogP contribution in [0.4, 0.5) is 0 Å². The molecule has 0 heterocycles. The number of carbonyl (C=O) groups is 2. The van der Waals surface area contributed by atoms with Crippen molar-refractivity contribution < 1.29 is 19.4 Å². The van der Waals surface area contributed by atoms with Gasteiger partial charge in [0.05, 0.1) is 13.0 Å². The number of benzene rings is 1. The standard InChI is InChI=1S/C19H26ClNO4/c1-3-4-10-25-19(24)17(11-18(22)23)21(13-15(2)12-20)14-16-8-6-5-7-9-16/h5-9,17H,2-4,10-14H2,1H3,(H,22,23)/t17-/m0/s1. The molecule has 0 fully saturated rings. The number of alkyl halides is 1. The van der Waals surface area contributed by atoms with Crippen LogP contribution in [0.15, 0.2) is 42.5 Å². The summed E-state index contributed by atoms with van der Waals surface area (Å²) in [4.78, 5) is 25.5. The van der Waals surface area contributed by atoms with E-state index in [0.29, 0.717) is 25.3 Å². The first kappa shape index (κ1) is 21.2. The van der Waals surface area contributed by atoms with Crippen molar-refractivity contribution in [3.63, 3.8) is 0 Å². The van der Waals surface area contributed by atoms with Crippen molar-refractivity contribution >= 4 is 23.5 Å². The molecule has 0 aliphatic carbocycles. The highest BCUT2D eigenvalue weighted by Crippen LogP contribution is 2.15. The van der Waals surface area contributed by atoms with Gasteiger partial charge >= 0.3 is 11.9 Å². The van der Waals surface area contributed by atoms with Crippen LogP contribution in [0.2, 0.25) is 0 Å². The van der Waals surface area contributed by atoms with Gasteiger partial charge in [-0.2, -0.15) is 0 Å². The van der Waals surface area contributed by atoms with Crippen molar-refractivity contribution in [1.29, 1.82) is 0 Å². The number of unbranched alkanes of at least 4 members (excludes halogenated alkanes) is 1. The van der Waals surface area contributed by atoms with E-state index < -0.39 is 18.0 Å². The fraction of sp³-hybridized carbons (Fsp3) is 0.474. The van der Waals surface area contributed by atoms with E-state index in [9.17, 15) is 14.7 Å². The predicted molar refractivity (Wildman–Crippen MR) is 98.6 cm³/mol. The molecule has 0 spiro atoms. The van der Waals surface area contributed by atoms with E-state index in [1.165, 1.54) is 0 Å². The van der Waals surface area contributed by atoms with Crippen LogP contribution in [0.25, 0.3) is 0 Å². The van der Waals surface area contributed by atoms with E-state index in [-0.39, 0.29) is 12.3 Å². The average molecular weight is 368 g/mol. The smallest absolute Gasteiger partial charge is 0.323 e. The molecular formula is C19H26ClNO4. The molecule has 1 N–H and O–H groups in total. The van der Waals surface area contributed by atoms with Gasteiger partial charge in [0.15, 0.2) is 0 Å². The summed E-state index contributed by atoms with van der Waals surface area (Å²) in [6.07, 6.45) is 1.32. The predicted octanol–water partition coefficient (Wildman–Crippen LogP) is 3.47. The Hall–Kier alpha value is -1.85. The number of carbonyl (C=O) groups excluding carboxylic acids is 1. The van der Waals surface area contributed by atoms with Gasteiger partial charge in [-0.25, -0.2) is 0 Å². The number of rotatable bonds is 12. The van der Waals surface area contributed by atoms with Gasteiger partial charge in [-0.05, 0) is 17.6 Å². The maximum atomic E-state index is 12.5. The highest BCUT2D eigenvalue weighted by atomic mass is 35.5. The Morgan fingerprint density at radius 2 is 2.00 bits per heavy atom. The molecule has 0 saturated carbocycles. The van der Waals surface area contributed by atoms with Crippen molar-refractivity contribution in [3.8, 4) is 0 Å². The summed E-state index contributed by atoms with van der Waals surface area (Å²) >= 11 is 5.83. The van der Waals surface area contributed by atoms with Crippen molar-refractivity contribution in [2.75, 3.05) is 19.0 Å². The molecule has 5 nitrogen and oxygen atoms in total. The lowest BCUT2D eigenvalue weighted by molar-refractivity contribution is -0.155. The van der Waals surface area contributed by atoms with Gasteiger partial charge < -0.3 is 9.84 Å². The minimum Gasteiger partial charge on any atom is -0.481 e. The third-order valence-corrected chi connectivity index (χ3v) is 4.05. The topological polar surface area (TPSA) is 66.8 Å². The van der Waals surface area contributed by atoms with Crippen LogP contribution in [-0.2, 0) is 20.9 Å². The van der Waals surface area contributed by atoms with Crippen LogP contribution in [0.1, 0.15) is 31.7 Å². The summed E-state index contributed by atoms with van der Waals surface area (Å²) in [7, 11) is 0. The van der Waals surface area contributed by atoms with Crippen LogP contribution < -0.4 is 0 Å². The number of halogens is 1. The number of ether oxygens (including phenoxy) is 1. The van der Waals surface area contributed by atoms with E-state index in [0.717, 1.165) is 18.4 Å². The van der Waals surface area contributed by atoms with E-state index in [4.69, 9.17) is 16.3 Å². The Balaban J connectivity index is 2.97. The number of carboxylic acids is 1. The lowest BCUT2D eigenvalue weighted by atomic mass is 10.1. The Morgan fingerprint density at radius 1 is 1.32 bits per heavy atom. The van der Waals surface area contributed by atoms with Gasteiger partial charge in [-0.15, -0.1) is 11.6 Å². The maximum Gasteiger partial charge on any atom is 0.323 e. The van der Waals surface area contributed by atoms with Gasteiger partial charge in [0.1, 0.15) is 6.04 Å². The molecule has 0 bridgehead atoms. The number of hydrogen-bond acceptors (Lipinski definition) is 4. The van der Waals surface area contributed by atoms with E-state index in [2.05, 4.69) is 6.58 Å². The zero-order chi connectivity index (χ0) is 18.7. The van der Waals surface area contributed by atoms with Crippen molar-refractivity contribution in [3.05, 3.63) is 48.0 Å². The second-order valence-electron chi connectivity index (χ2n) is 5.91. The summed E-state index contributed by atoms with van der Waals surface area (Å²) < 4.78 is 5.27. The lowest BCUT2D eigenvalue weighted by Gasteiger charge is -2.30. The average Bonchev–Trinajstić information content (AvgIpc) is 2.59. The molecule has 6 heteroatoms. The van der Waals surface area contributed by atoms with E-state index in [1.807, 2.05) is 37.3 Å². The van der Waals surface area contributed by atoms with Crippen molar-refractivity contribution in [2.45, 2.75) is 38.8 Å². The molecule has 0 aromatic heterocycles. The Bertz CT molecular complexity index is 562. The first-order valence-electron chi connectivity index (χ1n) is 8.37. The number of aliphatic carboxylic acids is 1. The second-order valence-corrected chi connectivity index (χ2v) is 6.18. The summed E-state index contributed by atoms with van der Waals surface area (Å²) in [6, 6.07) is 8.67. The summed E-state index contributed by atoms with van der Waals surface area (Å²) in [6.45, 7) is 6.91. The van der Waals surface area contributed by atoms with Gasteiger partial charge in [0.2, 0.25) is 0 Å². The molecule has 25 heavy (non-hydrogen) atoms. The largest absolute Gasteiger partial charge is 0.481 e. The molecule has 0 aliphatic rings. The zero-order valence-corrected chi connectivity index (χ0v) is 15.4. The van der Waals surface area contributed by atoms with Crippen LogP contribution >= 0.6 is 11.6 Å².